The molecule has 0 bridgehead atoms. The Morgan fingerprint density at radius 2 is 1.59 bits per heavy atom. The van der Waals surface area contributed by atoms with Crippen LogP contribution >= 0.6 is 0 Å². The van der Waals surface area contributed by atoms with Gasteiger partial charge in [0.15, 0.2) is 0 Å². The number of carbonyl (C=O) groups is 2. The van der Waals surface area contributed by atoms with Gasteiger partial charge in [-0.2, -0.15) is 0 Å². The molecule has 3 fully saturated rings. The van der Waals surface area contributed by atoms with Crippen LogP contribution in [0.15, 0.2) is 0 Å². The molecule has 2 atom stereocenters. The topological polar surface area (TPSA) is 66.6 Å². The summed E-state index contributed by atoms with van der Waals surface area (Å²) in [6.45, 7) is 3.11. The van der Waals surface area contributed by atoms with Gasteiger partial charge in [-0.1, -0.05) is 12.8 Å². The Balaban J connectivity index is 1.52. The third-order valence-electron chi connectivity index (χ3n) is 5.91. The van der Waals surface area contributed by atoms with Crippen LogP contribution in [0.4, 0.5) is 0 Å². The van der Waals surface area contributed by atoms with Crippen LogP contribution in [0.5, 0.6) is 0 Å². The van der Waals surface area contributed by atoms with Crippen molar-refractivity contribution in [2.75, 3.05) is 26.2 Å². The summed E-state index contributed by atoms with van der Waals surface area (Å²) in [7, 11) is 0. The summed E-state index contributed by atoms with van der Waals surface area (Å²) < 4.78 is 0. The van der Waals surface area contributed by atoms with Gasteiger partial charge in [-0.05, 0) is 57.5 Å². The Bertz CT molecular complexity index is 416. The van der Waals surface area contributed by atoms with Crippen molar-refractivity contribution in [1.29, 1.82) is 0 Å². The van der Waals surface area contributed by atoms with E-state index in [1.807, 2.05) is 0 Å². The molecule has 124 valence electrons. The molecule has 0 aromatic rings. The lowest BCUT2D eigenvalue weighted by Gasteiger charge is -2.45. The van der Waals surface area contributed by atoms with Crippen LogP contribution in [0, 0.1) is 11.8 Å². The third kappa shape index (κ3) is 3.45. The normalized spacial score (nSPS) is 30.8. The molecule has 0 aromatic carbocycles. The third-order valence-corrected chi connectivity index (χ3v) is 5.91. The molecule has 0 unspecified atom stereocenters. The zero-order valence-electron chi connectivity index (χ0n) is 13.5. The summed E-state index contributed by atoms with van der Waals surface area (Å²) in [5, 5.41) is 0. The van der Waals surface area contributed by atoms with Crippen LogP contribution in [0.1, 0.15) is 51.4 Å². The quantitative estimate of drug-likeness (QED) is 0.856. The molecule has 1 aliphatic carbocycles. The van der Waals surface area contributed by atoms with E-state index in [1.54, 1.807) is 0 Å². The summed E-state index contributed by atoms with van der Waals surface area (Å²) in [6, 6.07) is 0.498. The lowest BCUT2D eigenvalue weighted by atomic mass is 9.78. The number of primary amides is 1. The maximum Gasteiger partial charge on any atom is 0.237 e. The van der Waals surface area contributed by atoms with Gasteiger partial charge in [0.2, 0.25) is 11.8 Å². The van der Waals surface area contributed by atoms with Crippen molar-refractivity contribution in [3.8, 4) is 0 Å². The second kappa shape index (κ2) is 6.99. The van der Waals surface area contributed by atoms with Gasteiger partial charge in [-0.3, -0.25) is 14.5 Å². The first-order chi connectivity index (χ1) is 10.6. The van der Waals surface area contributed by atoms with E-state index >= 15 is 0 Å². The number of rotatable bonds is 3. The summed E-state index contributed by atoms with van der Waals surface area (Å²) in [5.74, 6) is 0.859. The SMILES string of the molecule is NC(=O)C1CCN(CC(=O)N2CCC[C@@H]3CCCC[C@H]32)CC1. The Morgan fingerprint density at radius 1 is 0.909 bits per heavy atom. The molecular weight excluding hydrogens is 278 g/mol. The van der Waals surface area contributed by atoms with Crippen LogP contribution in [-0.4, -0.2) is 53.8 Å². The second-order valence-corrected chi connectivity index (χ2v) is 7.29. The minimum absolute atomic E-state index is 0.00376. The van der Waals surface area contributed by atoms with E-state index in [2.05, 4.69) is 9.80 Å². The number of likely N-dealkylation sites (tertiary alicyclic amines) is 2. The van der Waals surface area contributed by atoms with Gasteiger partial charge in [-0.25, -0.2) is 0 Å². The molecule has 3 aliphatic rings. The van der Waals surface area contributed by atoms with E-state index in [1.165, 1.54) is 32.1 Å². The molecule has 1 saturated carbocycles. The number of fused-ring (bicyclic) bond motifs is 1. The molecule has 0 radical (unpaired) electrons. The fourth-order valence-corrected chi connectivity index (χ4v) is 4.59. The van der Waals surface area contributed by atoms with E-state index < -0.39 is 0 Å². The molecule has 2 heterocycles. The first-order valence-corrected chi connectivity index (χ1v) is 8.96. The summed E-state index contributed by atoms with van der Waals surface area (Å²) >= 11 is 0. The van der Waals surface area contributed by atoms with Crippen molar-refractivity contribution in [3.63, 3.8) is 0 Å². The standard InChI is InChI=1S/C17H29N3O2/c18-17(22)14-7-10-19(11-8-14)12-16(21)20-9-3-5-13-4-1-2-6-15(13)20/h13-15H,1-12H2,(H2,18,22)/t13-,15+/m0/s1. The van der Waals surface area contributed by atoms with Crippen LogP contribution in [0.2, 0.25) is 0 Å². The molecule has 0 spiro atoms. The maximum absolute atomic E-state index is 12.7. The van der Waals surface area contributed by atoms with Gasteiger partial charge in [0.05, 0.1) is 6.54 Å². The van der Waals surface area contributed by atoms with Crippen molar-refractivity contribution in [2.45, 2.75) is 57.4 Å². The molecule has 3 rings (SSSR count). The molecule has 2 saturated heterocycles. The van der Waals surface area contributed by atoms with Gasteiger partial charge in [0.25, 0.3) is 0 Å². The van der Waals surface area contributed by atoms with E-state index in [-0.39, 0.29) is 11.8 Å². The van der Waals surface area contributed by atoms with Crippen molar-refractivity contribution in [2.24, 2.45) is 17.6 Å². The van der Waals surface area contributed by atoms with Gasteiger partial charge in [-0.15, -0.1) is 0 Å². The number of amides is 2. The molecular formula is C17H29N3O2. The van der Waals surface area contributed by atoms with Crippen LogP contribution in [0.25, 0.3) is 0 Å². The van der Waals surface area contributed by atoms with Crippen molar-refractivity contribution in [1.82, 2.24) is 9.80 Å². The smallest absolute Gasteiger partial charge is 0.237 e. The number of nitrogens with zero attached hydrogens (tertiary/aromatic N) is 2. The largest absolute Gasteiger partial charge is 0.369 e. The van der Waals surface area contributed by atoms with Crippen molar-refractivity contribution in [3.05, 3.63) is 0 Å². The van der Waals surface area contributed by atoms with E-state index in [0.29, 0.717) is 18.5 Å². The Kier molecular flexibility index (Phi) is 5.01. The predicted octanol–water partition coefficient (Wildman–Crippen LogP) is 1.36. The molecule has 5 nitrogen and oxygen atoms in total. The minimum atomic E-state index is -0.188. The fraction of sp³-hybridized carbons (Fsp3) is 0.882. The average molecular weight is 307 g/mol. The fourth-order valence-electron chi connectivity index (χ4n) is 4.59. The van der Waals surface area contributed by atoms with Gasteiger partial charge in [0.1, 0.15) is 0 Å². The summed E-state index contributed by atoms with van der Waals surface area (Å²) in [4.78, 5) is 28.3. The Labute approximate surface area is 133 Å². The second-order valence-electron chi connectivity index (χ2n) is 7.29. The summed E-state index contributed by atoms with van der Waals surface area (Å²) in [5.41, 5.74) is 5.37. The van der Waals surface area contributed by atoms with E-state index in [9.17, 15) is 9.59 Å². The number of piperidine rings is 2. The first-order valence-electron chi connectivity index (χ1n) is 8.96. The van der Waals surface area contributed by atoms with Crippen LogP contribution < -0.4 is 5.73 Å². The zero-order valence-corrected chi connectivity index (χ0v) is 13.5. The van der Waals surface area contributed by atoms with Crippen molar-refractivity contribution < 1.29 is 9.59 Å². The molecule has 5 heteroatoms. The lowest BCUT2D eigenvalue weighted by molar-refractivity contribution is -0.139. The minimum Gasteiger partial charge on any atom is -0.369 e. The average Bonchev–Trinajstić information content (AvgIpc) is 2.54. The highest BCUT2D eigenvalue weighted by Gasteiger charge is 2.36. The molecule has 2 amide bonds. The number of nitrogens with two attached hydrogens (primary N) is 1. The summed E-state index contributed by atoms with van der Waals surface area (Å²) in [6.07, 6.45) is 9.18. The molecule has 2 aliphatic heterocycles. The van der Waals surface area contributed by atoms with Crippen LogP contribution in [-0.2, 0) is 9.59 Å². The maximum atomic E-state index is 12.7. The van der Waals surface area contributed by atoms with Gasteiger partial charge >= 0.3 is 0 Å². The molecule has 22 heavy (non-hydrogen) atoms. The molecule has 0 aromatic heterocycles. The number of carbonyl (C=O) groups excluding carboxylic acids is 2. The van der Waals surface area contributed by atoms with Gasteiger partial charge in [0, 0.05) is 18.5 Å². The van der Waals surface area contributed by atoms with Gasteiger partial charge < -0.3 is 10.6 Å². The number of hydrogen-bond acceptors (Lipinski definition) is 3. The molecule has 2 N–H and O–H groups in total. The van der Waals surface area contributed by atoms with E-state index in [0.717, 1.165) is 44.8 Å². The highest BCUT2D eigenvalue weighted by molar-refractivity contribution is 5.79. The lowest BCUT2D eigenvalue weighted by Crippen LogP contribution is -2.53. The predicted molar refractivity (Wildman–Crippen MR) is 85.1 cm³/mol. The van der Waals surface area contributed by atoms with Crippen LogP contribution in [0.3, 0.4) is 0 Å². The number of hydrogen-bond donors (Lipinski definition) is 1. The highest BCUT2D eigenvalue weighted by atomic mass is 16.2. The Morgan fingerprint density at radius 3 is 2.32 bits per heavy atom. The van der Waals surface area contributed by atoms with Crippen molar-refractivity contribution >= 4 is 11.8 Å². The first kappa shape index (κ1) is 15.8. The monoisotopic (exact) mass is 307 g/mol. The zero-order chi connectivity index (χ0) is 15.5. The Hall–Kier alpha value is -1.10. The van der Waals surface area contributed by atoms with E-state index in [4.69, 9.17) is 5.73 Å². The highest BCUT2D eigenvalue weighted by Crippen LogP contribution is 2.35.